The fourth-order valence-electron chi connectivity index (χ4n) is 5.47. The van der Waals surface area contributed by atoms with Crippen LogP contribution in [-0.4, -0.2) is 56.9 Å². The molecule has 2 aliphatic rings. The largest absolute Gasteiger partial charge is 0.492 e. The fraction of sp³-hybridized carbons (Fsp3) is 0.364. The molecule has 7 heteroatoms. The second-order valence-corrected chi connectivity index (χ2v) is 12.6. The van der Waals surface area contributed by atoms with Crippen LogP contribution in [0.5, 0.6) is 5.75 Å². The highest BCUT2D eigenvalue weighted by atomic mass is 32.1. The summed E-state index contributed by atoms with van der Waals surface area (Å²) in [6.45, 7) is 12.2. The molecule has 6 rings (SSSR count). The number of rotatable bonds is 5. The molecule has 0 radical (unpaired) electrons. The summed E-state index contributed by atoms with van der Waals surface area (Å²) in [4.78, 5) is 20.7. The SMILES string of the molecule is CC(C)(C)c1cc2c(s1)-c1ccccc1CCN2C(=O)Nc1ccc(OCCN2CCOCC2)c2ccccc12. The van der Waals surface area contributed by atoms with Crippen molar-refractivity contribution >= 4 is 39.5 Å². The van der Waals surface area contributed by atoms with E-state index in [0.29, 0.717) is 13.2 Å². The molecule has 2 amide bonds. The van der Waals surface area contributed by atoms with Crippen molar-refractivity contribution in [3.05, 3.63) is 77.2 Å². The fourth-order valence-corrected chi connectivity index (χ4v) is 6.75. The third-order valence-corrected chi connectivity index (χ3v) is 9.33. The van der Waals surface area contributed by atoms with Crippen molar-refractivity contribution in [2.45, 2.75) is 32.6 Å². The number of nitrogens with zero attached hydrogens (tertiary/aromatic N) is 2. The van der Waals surface area contributed by atoms with Gasteiger partial charge in [-0.25, -0.2) is 4.79 Å². The van der Waals surface area contributed by atoms with Gasteiger partial charge in [-0.1, -0.05) is 69.3 Å². The lowest BCUT2D eigenvalue weighted by Crippen LogP contribution is -2.38. The predicted octanol–water partition coefficient (Wildman–Crippen LogP) is 7.17. The number of ether oxygens (including phenoxy) is 2. The highest BCUT2D eigenvalue weighted by Gasteiger charge is 2.29. The van der Waals surface area contributed by atoms with Crippen molar-refractivity contribution in [1.82, 2.24) is 4.90 Å². The normalized spacial score (nSPS) is 15.8. The monoisotopic (exact) mass is 555 g/mol. The standard InChI is InChI=1S/C33H37N3O3S/c1-33(2,3)30-22-28-31(40-30)24-9-5-4-8-23(24)14-15-36(28)32(37)34-27-12-13-29(26-11-7-6-10-25(26)27)39-21-18-35-16-19-38-20-17-35/h4-13,22H,14-21H2,1-3H3,(H,34,37). The van der Waals surface area contributed by atoms with Gasteiger partial charge in [0.05, 0.1) is 29.5 Å². The Bertz CT molecular complexity index is 1520. The molecular formula is C33H37N3O3S. The molecule has 0 atom stereocenters. The van der Waals surface area contributed by atoms with Crippen molar-refractivity contribution in [3.8, 4) is 16.2 Å². The molecule has 0 spiro atoms. The van der Waals surface area contributed by atoms with Crippen LogP contribution in [-0.2, 0) is 16.6 Å². The molecule has 40 heavy (non-hydrogen) atoms. The molecule has 3 heterocycles. The summed E-state index contributed by atoms with van der Waals surface area (Å²) in [6.07, 6.45) is 0.812. The molecule has 2 aliphatic heterocycles. The summed E-state index contributed by atoms with van der Waals surface area (Å²) >= 11 is 1.80. The zero-order valence-corrected chi connectivity index (χ0v) is 24.4. The van der Waals surface area contributed by atoms with Crippen LogP contribution in [0.4, 0.5) is 16.2 Å². The van der Waals surface area contributed by atoms with Crippen LogP contribution in [0.1, 0.15) is 31.2 Å². The first kappa shape index (κ1) is 26.8. The second kappa shape index (κ2) is 11.2. The maximum Gasteiger partial charge on any atom is 0.326 e. The van der Waals surface area contributed by atoms with E-state index in [1.807, 2.05) is 35.2 Å². The molecule has 1 N–H and O–H groups in total. The van der Waals surface area contributed by atoms with Gasteiger partial charge in [0.1, 0.15) is 12.4 Å². The average molecular weight is 556 g/mol. The number of anilines is 2. The van der Waals surface area contributed by atoms with Gasteiger partial charge in [-0.15, -0.1) is 11.3 Å². The van der Waals surface area contributed by atoms with E-state index in [1.54, 1.807) is 11.3 Å². The molecule has 1 saturated heterocycles. The van der Waals surface area contributed by atoms with Crippen LogP contribution < -0.4 is 15.0 Å². The molecular weight excluding hydrogens is 518 g/mol. The van der Waals surface area contributed by atoms with E-state index >= 15 is 0 Å². The number of urea groups is 1. The maximum absolute atomic E-state index is 13.9. The number of nitrogens with one attached hydrogen (secondary N) is 1. The molecule has 208 valence electrons. The van der Waals surface area contributed by atoms with Crippen LogP contribution in [0.3, 0.4) is 0 Å². The Morgan fingerprint density at radius 3 is 2.52 bits per heavy atom. The molecule has 6 nitrogen and oxygen atoms in total. The van der Waals surface area contributed by atoms with Gasteiger partial charge in [-0.2, -0.15) is 0 Å². The van der Waals surface area contributed by atoms with E-state index in [1.165, 1.54) is 20.9 Å². The van der Waals surface area contributed by atoms with Gasteiger partial charge in [-0.05, 0) is 41.2 Å². The van der Waals surface area contributed by atoms with Crippen molar-refractivity contribution in [2.24, 2.45) is 0 Å². The Morgan fingerprint density at radius 1 is 0.975 bits per heavy atom. The third-order valence-electron chi connectivity index (χ3n) is 7.75. The summed E-state index contributed by atoms with van der Waals surface area (Å²) in [5.74, 6) is 0.835. The van der Waals surface area contributed by atoms with E-state index < -0.39 is 0 Å². The Balaban J connectivity index is 1.26. The number of benzene rings is 3. The van der Waals surface area contributed by atoms with Gasteiger partial charge in [0.2, 0.25) is 0 Å². The van der Waals surface area contributed by atoms with Gasteiger partial charge >= 0.3 is 6.03 Å². The topological polar surface area (TPSA) is 54.0 Å². The number of carbonyl (C=O) groups is 1. The number of fused-ring (bicyclic) bond motifs is 4. The van der Waals surface area contributed by atoms with E-state index in [2.05, 4.69) is 67.4 Å². The van der Waals surface area contributed by atoms with Crippen molar-refractivity contribution in [2.75, 3.05) is 56.2 Å². The molecule has 0 bridgehead atoms. The first-order chi connectivity index (χ1) is 19.4. The number of carbonyl (C=O) groups excluding carboxylic acids is 1. The smallest absolute Gasteiger partial charge is 0.326 e. The summed E-state index contributed by atoms with van der Waals surface area (Å²) in [6, 6.07) is 22.7. The van der Waals surface area contributed by atoms with Crippen molar-refractivity contribution in [1.29, 1.82) is 0 Å². The molecule has 3 aromatic carbocycles. The van der Waals surface area contributed by atoms with Crippen molar-refractivity contribution in [3.63, 3.8) is 0 Å². The van der Waals surface area contributed by atoms with Crippen molar-refractivity contribution < 1.29 is 14.3 Å². The summed E-state index contributed by atoms with van der Waals surface area (Å²) < 4.78 is 11.7. The van der Waals surface area contributed by atoms with E-state index in [9.17, 15) is 4.79 Å². The van der Waals surface area contributed by atoms with E-state index in [4.69, 9.17) is 9.47 Å². The Morgan fingerprint density at radius 2 is 1.73 bits per heavy atom. The minimum Gasteiger partial charge on any atom is -0.492 e. The molecule has 0 unspecified atom stereocenters. The lowest BCUT2D eigenvalue weighted by molar-refractivity contribution is 0.0323. The number of amides is 2. The quantitative estimate of drug-likeness (QED) is 0.284. The van der Waals surface area contributed by atoms with Crippen LogP contribution in [0, 0.1) is 0 Å². The summed E-state index contributed by atoms with van der Waals surface area (Å²) in [5, 5.41) is 5.22. The third kappa shape index (κ3) is 5.46. The Labute approximate surface area is 240 Å². The average Bonchev–Trinajstić information content (AvgIpc) is 3.34. The Hall–Kier alpha value is -3.39. The van der Waals surface area contributed by atoms with Gasteiger partial charge in [-0.3, -0.25) is 9.80 Å². The van der Waals surface area contributed by atoms with Crippen LogP contribution in [0.15, 0.2) is 66.7 Å². The highest BCUT2D eigenvalue weighted by Crippen LogP contribution is 2.46. The summed E-state index contributed by atoms with van der Waals surface area (Å²) in [5.41, 5.74) is 4.30. The van der Waals surface area contributed by atoms with Gasteiger partial charge in [0.15, 0.2) is 0 Å². The minimum atomic E-state index is -0.113. The molecule has 4 aromatic rings. The molecule has 1 aromatic heterocycles. The zero-order chi connectivity index (χ0) is 27.7. The number of morpholine rings is 1. The van der Waals surface area contributed by atoms with E-state index in [-0.39, 0.29) is 11.4 Å². The maximum atomic E-state index is 13.9. The zero-order valence-electron chi connectivity index (χ0n) is 23.5. The minimum absolute atomic E-state index is 0.00175. The van der Waals surface area contributed by atoms with Gasteiger partial charge in [0.25, 0.3) is 0 Å². The molecule has 0 saturated carbocycles. The lowest BCUT2D eigenvalue weighted by atomic mass is 9.94. The highest BCUT2D eigenvalue weighted by molar-refractivity contribution is 7.16. The molecule has 0 aliphatic carbocycles. The molecule has 1 fully saturated rings. The number of hydrogen-bond donors (Lipinski definition) is 1. The van der Waals surface area contributed by atoms with Gasteiger partial charge in [0, 0.05) is 41.8 Å². The summed E-state index contributed by atoms with van der Waals surface area (Å²) in [7, 11) is 0. The number of thiophene rings is 1. The van der Waals surface area contributed by atoms with Crippen LogP contribution in [0.25, 0.3) is 21.2 Å². The first-order valence-corrected chi connectivity index (χ1v) is 15.0. The van der Waals surface area contributed by atoms with Crippen LogP contribution in [0.2, 0.25) is 0 Å². The second-order valence-electron chi connectivity index (χ2n) is 11.5. The van der Waals surface area contributed by atoms with Gasteiger partial charge < -0.3 is 14.8 Å². The van der Waals surface area contributed by atoms with E-state index in [0.717, 1.165) is 67.2 Å². The van der Waals surface area contributed by atoms with Crippen LogP contribution >= 0.6 is 11.3 Å². The lowest BCUT2D eigenvalue weighted by Gasteiger charge is -2.26. The predicted molar refractivity (Wildman–Crippen MR) is 165 cm³/mol. The Kier molecular flexibility index (Phi) is 7.53. The number of hydrogen-bond acceptors (Lipinski definition) is 5. The first-order valence-electron chi connectivity index (χ1n) is 14.1.